The fourth-order valence-corrected chi connectivity index (χ4v) is 3.62. The normalized spacial score (nSPS) is 27.5. The molecule has 20 heavy (non-hydrogen) atoms. The predicted molar refractivity (Wildman–Crippen MR) is 72.7 cm³/mol. The molecule has 3 aliphatic rings. The summed E-state index contributed by atoms with van der Waals surface area (Å²) in [5.41, 5.74) is -0.881. The van der Waals surface area contributed by atoms with Crippen LogP contribution in [0.4, 0.5) is 4.79 Å². The second-order valence-electron chi connectivity index (χ2n) is 6.58. The van der Waals surface area contributed by atoms with Gasteiger partial charge in [-0.1, -0.05) is 13.8 Å². The van der Waals surface area contributed by atoms with Gasteiger partial charge in [0, 0.05) is 6.54 Å². The Kier molecular flexibility index (Phi) is 2.92. The number of carbonyl (C=O) groups excluding carboxylic acids is 3. The van der Waals surface area contributed by atoms with Crippen LogP contribution in [0.5, 0.6) is 0 Å². The maximum atomic E-state index is 12.7. The van der Waals surface area contributed by atoms with Crippen LogP contribution in [-0.4, -0.2) is 29.3 Å². The van der Waals surface area contributed by atoms with Crippen LogP contribution >= 0.6 is 0 Å². The summed E-state index contributed by atoms with van der Waals surface area (Å²) in [7, 11) is 0. The lowest BCUT2D eigenvalue weighted by atomic mass is 9.78. The summed E-state index contributed by atoms with van der Waals surface area (Å²) in [6.07, 6.45) is 5.52. The number of nitrogens with one attached hydrogen (secondary N) is 1. The van der Waals surface area contributed by atoms with E-state index in [0.29, 0.717) is 25.3 Å². The number of urea groups is 1. The third-order valence-corrected chi connectivity index (χ3v) is 5.57. The Morgan fingerprint density at radius 3 is 2.20 bits per heavy atom. The molecular formula is C15H22N2O3. The maximum absolute atomic E-state index is 12.7. The molecule has 0 aromatic rings. The molecule has 1 saturated heterocycles. The molecule has 4 amide bonds. The van der Waals surface area contributed by atoms with Crippen molar-refractivity contribution >= 4 is 17.8 Å². The molecule has 110 valence electrons. The van der Waals surface area contributed by atoms with E-state index in [1.807, 2.05) is 13.8 Å². The zero-order valence-electron chi connectivity index (χ0n) is 12.2. The van der Waals surface area contributed by atoms with Gasteiger partial charge in [0.25, 0.3) is 0 Å². The molecule has 3 rings (SSSR count). The van der Waals surface area contributed by atoms with Gasteiger partial charge >= 0.3 is 6.03 Å². The van der Waals surface area contributed by atoms with Crippen molar-refractivity contribution in [3.63, 3.8) is 0 Å². The van der Waals surface area contributed by atoms with Crippen molar-refractivity contribution in [3.8, 4) is 0 Å². The van der Waals surface area contributed by atoms with Crippen LogP contribution in [0.1, 0.15) is 52.4 Å². The SMILES string of the molecule is CCC1(CC)C(=O)NC(=O)N(CC2(C3CC3)CC2)C1=O. The van der Waals surface area contributed by atoms with Crippen molar-refractivity contribution in [1.82, 2.24) is 10.2 Å². The van der Waals surface area contributed by atoms with Gasteiger partial charge < -0.3 is 0 Å². The van der Waals surface area contributed by atoms with E-state index in [-0.39, 0.29) is 11.3 Å². The fourth-order valence-electron chi connectivity index (χ4n) is 3.62. The summed E-state index contributed by atoms with van der Waals surface area (Å²) >= 11 is 0. The highest BCUT2D eigenvalue weighted by atomic mass is 16.2. The van der Waals surface area contributed by atoms with Gasteiger partial charge in [0.2, 0.25) is 11.8 Å². The lowest BCUT2D eigenvalue weighted by Gasteiger charge is -2.39. The average molecular weight is 278 g/mol. The molecule has 1 aliphatic heterocycles. The van der Waals surface area contributed by atoms with E-state index in [4.69, 9.17) is 0 Å². The van der Waals surface area contributed by atoms with E-state index in [2.05, 4.69) is 5.32 Å². The van der Waals surface area contributed by atoms with Crippen molar-refractivity contribution in [3.05, 3.63) is 0 Å². The number of amides is 4. The van der Waals surface area contributed by atoms with Gasteiger partial charge in [-0.05, 0) is 49.9 Å². The highest BCUT2D eigenvalue weighted by Crippen LogP contribution is 2.61. The van der Waals surface area contributed by atoms with Crippen molar-refractivity contribution in [1.29, 1.82) is 0 Å². The minimum absolute atomic E-state index is 0.167. The Balaban J connectivity index is 1.84. The molecule has 2 saturated carbocycles. The molecule has 5 heteroatoms. The first-order valence-corrected chi connectivity index (χ1v) is 7.66. The van der Waals surface area contributed by atoms with Crippen LogP contribution in [0.2, 0.25) is 0 Å². The number of imide groups is 2. The minimum Gasteiger partial charge on any atom is -0.277 e. The molecule has 2 aliphatic carbocycles. The number of carbonyl (C=O) groups is 3. The topological polar surface area (TPSA) is 66.5 Å². The first kappa shape index (κ1) is 13.6. The molecule has 5 nitrogen and oxygen atoms in total. The smallest absolute Gasteiger partial charge is 0.277 e. The first-order chi connectivity index (χ1) is 9.49. The monoisotopic (exact) mass is 278 g/mol. The third kappa shape index (κ3) is 1.79. The Morgan fingerprint density at radius 2 is 1.75 bits per heavy atom. The van der Waals surface area contributed by atoms with E-state index < -0.39 is 17.4 Å². The van der Waals surface area contributed by atoms with Crippen LogP contribution in [0, 0.1) is 16.7 Å². The van der Waals surface area contributed by atoms with Crippen molar-refractivity contribution in [2.45, 2.75) is 52.4 Å². The van der Waals surface area contributed by atoms with Gasteiger partial charge in [0.15, 0.2) is 0 Å². The zero-order valence-corrected chi connectivity index (χ0v) is 12.2. The van der Waals surface area contributed by atoms with Crippen LogP contribution < -0.4 is 5.32 Å². The van der Waals surface area contributed by atoms with E-state index in [1.54, 1.807) is 0 Å². The third-order valence-electron chi connectivity index (χ3n) is 5.57. The molecule has 1 heterocycles. The molecular weight excluding hydrogens is 256 g/mol. The van der Waals surface area contributed by atoms with E-state index in [0.717, 1.165) is 12.8 Å². The Morgan fingerprint density at radius 1 is 1.15 bits per heavy atom. The lowest BCUT2D eigenvalue weighted by Crippen LogP contribution is -2.64. The molecule has 0 aromatic heterocycles. The van der Waals surface area contributed by atoms with Crippen molar-refractivity contribution in [2.24, 2.45) is 16.7 Å². The number of nitrogens with zero attached hydrogens (tertiary/aromatic N) is 1. The van der Waals surface area contributed by atoms with Crippen molar-refractivity contribution in [2.75, 3.05) is 6.54 Å². The van der Waals surface area contributed by atoms with E-state index in [9.17, 15) is 14.4 Å². The summed E-state index contributed by atoms with van der Waals surface area (Å²) in [5, 5.41) is 2.39. The van der Waals surface area contributed by atoms with Gasteiger partial charge in [-0.25, -0.2) is 4.79 Å². The minimum atomic E-state index is -1.05. The number of hydrogen-bond acceptors (Lipinski definition) is 3. The van der Waals surface area contributed by atoms with Crippen LogP contribution in [-0.2, 0) is 9.59 Å². The lowest BCUT2D eigenvalue weighted by molar-refractivity contribution is -0.152. The summed E-state index contributed by atoms with van der Waals surface area (Å²) in [6, 6.07) is -0.524. The first-order valence-electron chi connectivity index (χ1n) is 7.66. The number of barbiturate groups is 1. The Hall–Kier alpha value is -1.39. The summed E-state index contributed by atoms with van der Waals surface area (Å²) in [6.45, 7) is 4.17. The van der Waals surface area contributed by atoms with Crippen molar-refractivity contribution < 1.29 is 14.4 Å². The standard InChI is InChI=1S/C15H22N2O3/c1-3-15(4-2)11(18)16-13(20)17(12(15)19)9-14(7-8-14)10-5-6-10/h10H,3-9H2,1-2H3,(H,16,18,20). The van der Waals surface area contributed by atoms with Gasteiger partial charge in [-0.15, -0.1) is 0 Å². The molecule has 0 atom stereocenters. The van der Waals surface area contributed by atoms with Crippen LogP contribution in [0.15, 0.2) is 0 Å². The summed E-state index contributed by atoms with van der Waals surface area (Å²) in [5.74, 6) is -0.0356. The quantitative estimate of drug-likeness (QED) is 0.783. The second kappa shape index (κ2) is 4.30. The number of rotatable bonds is 5. The summed E-state index contributed by atoms with van der Waals surface area (Å²) in [4.78, 5) is 38.2. The van der Waals surface area contributed by atoms with Gasteiger partial charge in [0.1, 0.15) is 5.41 Å². The molecule has 0 radical (unpaired) electrons. The molecule has 1 N–H and O–H groups in total. The molecule has 0 unspecified atom stereocenters. The Labute approximate surface area is 119 Å². The maximum Gasteiger partial charge on any atom is 0.330 e. The predicted octanol–water partition coefficient (Wildman–Crippen LogP) is 2.06. The largest absolute Gasteiger partial charge is 0.330 e. The van der Waals surface area contributed by atoms with Crippen LogP contribution in [0.25, 0.3) is 0 Å². The van der Waals surface area contributed by atoms with E-state index >= 15 is 0 Å². The Bertz CT molecular complexity index is 474. The molecule has 0 spiro atoms. The van der Waals surface area contributed by atoms with Gasteiger partial charge in [0.05, 0.1) is 0 Å². The van der Waals surface area contributed by atoms with Crippen LogP contribution in [0.3, 0.4) is 0 Å². The second-order valence-corrected chi connectivity index (χ2v) is 6.58. The van der Waals surface area contributed by atoms with E-state index in [1.165, 1.54) is 17.7 Å². The highest BCUT2D eigenvalue weighted by Gasteiger charge is 2.58. The van der Waals surface area contributed by atoms with Gasteiger partial charge in [-0.3, -0.25) is 19.8 Å². The molecule has 3 fully saturated rings. The van der Waals surface area contributed by atoms with Gasteiger partial charge in [-0.2, -0.15) is 0 Å². The summed E-state index contributed by atoms with van der Waals surface area (Å²) < 4.78 is 0. The zero-order chi connectivity index (χ0) is 14.5. The number of hydrogen-bond donors (Lipinski definition) is 1. The fraction of sp³-hybridized carbons (Fsp3) is 0.800. The molecule has 0 aromatic carbocycles. The average Bonchev–Trinajstić information content (AvgIpc) is 3.27. The highest BCUT2D eigenvalue weighted by molar-refractivity contribution is 6.19. The molecule has 0 bridgehead atoms.